The second-order valence-corrected chi connectivity index (χ2v) is 6.40. The van der Waals surface area contributed by atoms with E-state index in [1.165, 1.54) is 24.8 Å². The first-order valence-electron chi connectivity index (χ1n) is 7.77. The summed E-state index contributed by atoms with van der Waals surface area (Å²) in [5.41, 5.74) is 7.54. The molecule has 1 unspecified atom stereocenters. The zero-order chi connectivity index (χ0) is 14.6. The molecule has 1 aromatic carbocycles. The van der Waals surface area contributed by atoms with E-state index in [2.05, 4.69) is 30.0 Å². The maximum absolute atomic E-state index is 6.56. The third-order valence-electron chi connectivity index (χ3n) is 3.91. The summed E-state index contributed by atoms with van der Waals surface area (Å²) in [6.45, 7) is 8.49. The fourth-order valence-corrected chi connectivity index (χ4v) is 2.93. The van der Waals surface area contributed by atoms with Gasteiger partial charge in [-0.15, -0.1) is 0 Å². The van der Waals surface area contributed by atoms with E-state index in [9.17, 15) is 0 Å². The van der Waals surface area contributed by atoms with E-state index in [4.69, 9.17) is 10.5 Å². The summed E-state index contributed by atoms with van der Waals surface area (Å²) >= 11 is 0. The Morgan fingerprint density at radius 3 is 2.60 bits per heavy atom. The van der Waals surface area contributed by atoms with Crippen molar-refractivity contribution < 1.29 is 4.74 Å². The van der Waals surface area contributed by atoms with Crippen molar-refractivity contribution in [3.8, 4) is 5.75 Å². The summed E-state index contributed by atoms with van der Waals surface area (Å²) in [4.78, 5) is 2.42. The van der Waals surface area contributed by atoms with E-state index in [0.29, 0.717) is 0 Å². The summed E-state index contributed by atoms with van der Waals surface area (Å²) in [5.74, 6) is 0.937. The van der Waals surface area contributed by atoms with Crippen LogP contribution in [0.5, 0.6) is 5.75 Å². The van der Waals surface area contributed by atoms with Crippen LogP contribution in [0.1, 0.15) is 45.6 Å². The van der Waals surface area contributed by atoms with Crippen molar-refractivity contribution >= 4 is 0 Å². The minimum atomic E-state index is -0.267. The van der Waals surface area contributed by atoms with Gasteiger partial charge >= 0.3 is 0 Å². The summed E-state index contributed by atoms with van der Waals surface area (Å²) in [6, 6.07) is 8.33. The van der Waals surface area contributed by atoms with Gasteiger partial charge in [0.15, 0.2) is 0 Å². The lowest BCUT2D eigenvalue weighted by atomic mass is 9.97. The molecule has 1 saturated heterocycles. The van der Waals surface area contributed by atoms with Crippen LogP contribution < -0.4 is 10.5 Å². The van der Waals surface area contributed by atoms with Gasteiger partial charge in [0.05, 0.1) is 11.8 Å². The Labute approximate surface area is 123 Å². The van der Waals surface area contributed by atoms with Gasteiger partial charge in [0.2, 0.25) is 0 Å². The van der Waals surface area contributed by atoms with E-state index in [1.807, 2.05) is 19.9 Å². The molecule has 112 valence electrons. The van der Waals surface area contributed by atoms with Gasteiger partial charge in [-0.3, -0.25) is 4.90 Å². The predicted octanol–water partition coefficient (Wildman–Crippen LogP) is 3.18. The first kappa shape index (κ1) is 15.3. The fourth-order valence-electron chi connectivity index (χ4n) is 2.93. The summed E-state index contributed by atoms with van der Waals surface area (Å²) in [7, 11) is 0. The standard InChI is InChI=1S/C17H28N2O/c1-14(2)20-16-9-7-8-15(12-16)13-17(3,18)19-10-5-4-6-11-19/h7-9,12,14H,4-6,10-11,13,18H2,1-3H3. The number of hydrogen-bond donors (Lipinski definition) is 1. The van der Waals surface area contributed by atoms with Crippen molar-refractivity contribution in [3.05, 3.63) is 29.8 Å². The maximum atomic E-state index is 6.56. The second kappa shape index (κ2) is 6.59. The number of rotatable bonds is 5. The van der Waals surface area contributed by atoms with Crippen LogP contribution in [-0.2, 0) is 6.42 Å². The van der Waals surface area contributed by atoms with Gasteiger partial charge in [-0.05, 0) is 64.4 Å². The molecule has 0 aromatic heterocycles. The molecule has 1 heterocycles. The van der Waals surface area contributed by atoms with Gasteiger partial charge in [-0.1, -0.05) is 18.6 Å². The molecule has 0 spiro atoms. The first-order valence-corrected chi connectivity index (χ1v) is 7.77. The summed E-state index contributed by atoms with van der Waals surface area (Å²) in [6.07, 6.45) is 4.94. The molecular weight excluding hydrogens is 248 g/mol. The SMILES string of the molecule is CC(C)Oc1cccc(CC(C)(N)N2CCCCC2)c1. The minimum Gasteiger partial charge on any atom is -0.491 e. The third-order valence-corrected chi connectivity index (χ3v) is 3.91. The molecule has 1 aliphatic rings. The van der Waals surface area contributed by atoms with Crippen molar-refractivity contribution in [2.75, 3.05) is 13.1 Å². The molecule has 1 aromatic rings. The normalized spacial score (nSPS) is 19.9. The van der Waals surface area contributed by atoms with Gasteiger partial charge in [0, 0.05) is 6.42 Å². The molecule has 2 rings (SSSR count). The maximum Gasteiger partial charge on any atom is 0.119 e. The Hall–Kier alpha value is -1.06. The third kappa shape index (κ3) is 4.22. The Morgan fingerprint density at radius 2 is 1.95 bits per heavy atom. The minimum absolute atomic E-state index is 0.205. The molecule has 20 heavy (non-hydrogen) atoms. The molecule has 0 amide bonds. The number of ether oxygens (including phenoxy) is 1. The molecule has 1 atom stereocenters. The largest absolute Gasteiger partial charge is 0.491 e. The van der Waals surface area contributed by atoms with Gasteiger partial charge in [-0.25, -0.2) is 0 Å². The average Bonchev–Trinajstić information content (AvgIpc) is 2.39. The van der Waals surface area contributed by atoms with E-state index in [0.717, 1.165) is 25.3 Å². The van der Waals surface area contributed by atoms with Crippen LogP contribution in [0.15, 0.2) is 24.3 Å². The van der Waals surface area contributed by atoms with Crippen LogP contribution in [0.25, 0.3) is 0 Å². The van der Waals surface area contributed by atoms with Crippen LogP contribution in [0.4, 0.5) is 0 Å². The Bertz CT molecular complexity index is 423. The lowest BCUT2D eigenvalue weighted by molar-refractivity contribution is 0.0855. The van der Waals surface area contributed by atoms with E-state index in [-0.39, 0.29) is 11.8 Å². The van der Waals surface area contributed by atoms with Crippen molar-refractivity contribution in [1.29, 1.82) is 0 Å². The average molecular weight is 276 g/mol. The quantitative estimate of drug-likeness (QED) is 0.897. The van der Waals surface area contributed by atoms with Crippen LogP contribution >= 0.6 is 0 Å². The van der Waals surface area contributed by atoms with E-state index >= 15 is 0 Å². The highest BCUT2D eigenvalue weighted by Gasteiger charge is 2.28. The van der Waals surface area contributed by atoms with Crippen molar-refractivity contribution in [3.63, 3.8) is 0 Å². The lowest BCUT2D eigenvalue weighted by Crippen LogP contribution is -2.56. The Balaban J connectivity index is 2.04. The zero-order valence-electron chi connectivity index (χ0n) is 13.1. The Morgan fingerprint density at radius 1 is 1.25 bits per heavy atom. The molecule has 3 heteroatoms. The highest BCUT2D eigenvalue weighted by atomic mass is 16.5. The van der Waals surface area contributed by atoms with Gasteiger partial charge in [0.25, 0.3) is 0 Å². The number of nitrogens with zero attached hydrogens (tertiary/aromatic N) is 1. The Kier molecular flexibility index (Phi) is 5.06. The van der Waals surface area contributed by atoms with Crippen LogP contribution in [0, 0.1) is 0 Å². The summed E-state index contributed by atoms with van der Waals surface area (Å²) in [5, 5.41) is 0. The molecule has 1 fully saturated rings. The number of nitrogens with two attached hydrogens (primary N) is 1. The molecule has 0 saturated carbocycles. The molecule has 1 aliphatic heterocycles. The molecule has 2 N–H and O–H groups in total. The van der Waals surface area contributed by atoms with Crippen LogP contribution in [0.2, 0.25) is 0 Å². The topological polar surface area (TPSA) is 38.5 Å². The smallest absolute Gasteiger partial charge is 0.119 e. The van der Waals surface area contributed by atoms with Gasteiger partial charge < -0.3 is 10.5 Å². The van der Waals surface area contributed by atoms with Crippen molar-refractivity contribution in [2.45, 2.75) is 58.2 Å². The first-order chi connectivity index (χ1) is 9.47. The lowest BCUT2D eigenvalue weighted by Gasteiger charge is -2.40. The molecular formula is C17H28N2O. The van der Waals surface area contributed by atoms with Gasteiger partial charge in [0.1, 0.15) is 5.75 Å². The monoisotopic (exact) mass is 276 g/mol. The highest BCUT2D eigenvalue weighted by molar-refractivity contribution is 5.29. The molecule has 0 aliphatic carbocycles. The zero-order valence-corrected chi connectivity index (χ0v) is 13.1. The second-order valence-electron chi connectivity index (χ2n) is 6.40. The van der Waals surface area contributed by atoms with E-state index < -0.39 is 0 Å². The van der Waals surface area contributed by atoms with Crippen molar-refractivity contribution in [1.82, 2.24) is 4.90 Å². The molecule has 3 nitrogen and oxygen atoms in total. The molecule has 0 bridgehead atoms. The van der Waals surface area contributed by atoms with Crippen molar-refractivity contribution in [2.24, 2.45) is 5.73 Å². The fraction of sp³-hybridized carbons (Fsp3) is 0.647. The number of likely N-dealkylation sites (tertiary alicyclic amines) is 1. The number of hydrogen-bond acceptors (Lipinski definition) is 3. The molecule has 0 radical (unpaired) electrons. The van der Waals surface area contributed by atoms with Crippen LogP contribution in [0.3, 0.4) is 0 Å². The highest BCUT2D eigenvalue weighted by Crippen LogP contribution is 2.23. The summed E-state index contributed by atoms with van der Waals surface area (Å²) < 4.78 is 5.76. The van der Waals surface area contributed by atoms with E-state index in [1.54, 1.807) is 0 Å². The van der Waals surface area contributed by atoms with Gasteiger partial charge in [-0.2, -0.15) is 0 Å². The van der Waals surface area contributed by atoms with Crippen LogP contribution in [-0.4, -0.2) is 29.8 Å². The predicted molar refractivity (Wildman–Crippen MR) is 83.9 cm³/mol. The number of benzene rings is 1. The number of piperidine rings is 1.